The third kappa shape index (κ3) is 4.92. The molecule has 0 radical (unpaired) electrons. The summed E-state index contributed by atoms with van der Waals surface area (Å²) in [6.07, 6.45) is 0.171. The second kappa shape index (κ2) is 10.3. The predicted molar refractivity (Wildman–Crippen MR) is 125 cm³/mol. The standard InChI is InChI=1S/C26H30N2O6/c1-15(33-2)23(24(29)27-17-12-11-16(13-17)25(30)31)28-26(32)34-14-22-20-9-5-3-7-18(20)19-8-4-6-10-21(19)22/h3-10,15-17,22-23H,11-14H2,1-2H3,(H,27,29)(H,28,32)(H,30,31)/t15?,16-,17+,23?/m0/s1. The van der Waals surface area contributed by atoms with Gasteiger partial charge in [-0.3, -0.25) is 9.59 Å². The number of amides is 2. The molecule has 2 aliphatic carbocycles. The fraction of sp³-hybridized carbons (Fsp3) is 0.423. The Bertz CT molecular complexity index is 1030. The van der Waals surface area contributed by atoms with E-state index in [1.165, 1.54) is 7.11 Å². The molecule has 1 fully saturated rings. The maximum atomic E-state index is 12.9. The first kappa shape index (κ1) is 23.8. The lowest BCUT2D eigenvalue weighted by molar-refractivity contribution is -0.141. The van der Waals surface area contributed by atoms with Gasteiger partial charge in [0.1, 0.15) is 12.6 Å². The van der Waals surface area contributed by atoms with Crippen molar-refractivity contribution in [2.75, 3.05) is 13.7 Å². The normalized spacial score (nSPS) is 20.6. The lowest BCUT2D eigenvalue weighted by Crippen LogP contribution is -2.54. The molecule has 0 heterocycles. The zero-order valence-corrected chi connectivity index (χ0v) is 19.3. The van der Waals surface area contributed by atoms with Crippen LogP contribution in [0.4, 0.5) is 4.79 Å². The number of fused-ring (bicyclic) bond motifs is 3. The number of aliphatic carboxylic acids is 1. The molecule has 8 nitrogen and oxygen atoms in total. The molecule has 2 aromatic carbocycles. The molecule has 0 aromatic heterocycles. The SMILES string of the molecule is COC(C)C(NC(=O)OCC1c2ccccc2-c2ccccc21)C(=O)N[C@@H]1CC[C@H](C(=O)O)C1. The van der Waals surface area contributed by atoms with Gasteiger partial charge in [-0.1, -0.05) is 48.5 Å². The Balaban J connectivity index is 1.38. The fourth-order valence-electron chi connectivity index (χ4n) is 4.93. The van der Waals surface area contributed by atoms with Gasteiger partial charge >= 0.3 is 12.1 Å². The number of benzene rings is 2. The second-order valence-electron chi connectivity index (χ2n) is 8.94. The van der Waals surface area contributed by atoms with Crippen molar-refractivity contribution in [2.24, 2.45) is 5.92 Å². The molecule has 4 rings (SSSR count). The summed E-state index contributed by atoms with van der Waals surface area (Å²) in [6.45, 7) is 1.82. The third-order valence-corrected chi connectivity index (χ3v) is 6.87. The van der Waals surface area contributed by atoms with E-state index in [0.717, 1.165) is 22.3 Å². The van der Waals surface area contributed by atoms with Gasteiger partial charge in [-0.25, -0.2) is 4.79 Å². The van der Waals surface area contributed by atoms with Crippen LogP contribution in [0.1, 0.15) is 43.2 Å². The highest BCUT2D eigenvalue weighted by Gasteiger charge is 2.35. The Kier molecular flexibility index (Phi) is 7.17. The van der Waals surface area contributed by atoms with Gasteiger partial charge in [0.05, 0.1) is 12.0 Å². The predicted octanol–water partition coefficient (Wildman–Crippen LogP) is 3.30. The smallest absolute Gasteiger partial charge is 0.407 e. The average Bonchev–Trinajstić information content (AvgIpc) is 3.43. The Hall–Kier alpha value is -3.39. The molecule has 3 N–H and O–H groups in total. The van der Waals surface area contributed by atoms with Gasteiger partial charge in [-0.2, -0.15) is 0 Å². The van der Waals surface area contributed by atoms with Crippen molar-refractivity contribution in [3.63, 3.8) is 0 Å². The molecule has 0 saturated heterocycles. The van der Waals surface area contributed by atoms with Crippen molar-refractivity contribution in [1.82, 2.24) is 10.6 Å². The molecule has 180 valence electrons. The molecular formula is C26H30N2O6. The minimum absolute atomic E-state index is 0.0864. The van der Waals surface area contributed by atoms with Gasteiger partial charge in [-0.15, -0.1) is 0 Å². The molecule has 4 atom stereocenters. The van der Waals surface area contributed by atoms with Crippen LogP contribution in [-0.2, 0) is 19.1 Å². The molecule has 1 saturated carbocycles. The largest absolute Gasteiger partial charge is 0.481 e. The number of carboxylic acid groups (broad SMARTS) is 1. The maximum absolute atomic E-state index is 12.9. The van der Waals surface area contributed by atoms with Crippen LogP contribution in [-0.4, -0.2) is 55.0 Å². The van der Waals surface area contributed by atoms with E-state index in [9.17, 15) is 19.5 Å². The highest BCUT2D eigenvalue weighted by Crippen LogP contribution is 2.44. The van der Waals surface area contributed by atoms with Gasteiger partial charge in [0.15, 0.2) is 0 Å². The van der Waals surface area contributed by atoms with E-state index in [1.807, 2.05) is 36.4 Å². The summed E-state index contributed by atoms with van der Waals surface area (Å²) in [5.74, 6) is -1.82. The zero-order valence-electron chi connectivity index (χ0n) is 19.3. The summed E-state index contributed by atoms with van der Waals surface area (Å²) < 4.78 is 10.9. The first-order valence-electron chi connectivity index (χ1n) is 11.6. The highest BCUT2D eigenvalue weighted by molar-refractivity contribution is 5.86. The van der Waals surface area contributed by atoms with E-state index in [4.69, 9.17) is 9.47 Å². The van der Waals surface area contributed by atoms with Crippen molar-refractivity contribution in [3.05, 3.63) is 59.7 Å². The van der Waals surface area contributed by atoms with E-state index in [2.05, 4.69) is 22.8 Å². The molecular weight excluding hydrogens is 436 g/mol. The van der Waals surface area contributed by atoms with Crippen molar-refractivity contribution in [1.29, 1.82) is 0 Å². The molecule has 0 aliphatic heterocycles. The summed E-state index contributed by atoms with van der Waals surface area (Å²) in [5, 5.41) is 14.7. The average molecular weight is 467 g/mol. The molecule has 34 heavy (non-hydrogen) atoms. The van der Waals surface area contributed by atoms with Crippen molar-refractivity contribution < 1.29 is 29.0 Å². The number of nitrogens with one attached hydrogen (secondary N) is 2. The third-order valence-electron chi connectivity index (χ3n) is 6.87. The van der Waals surface area contributed by atoms with Gasteiger partial charge in [-0.05, 0) is 48.4 Å². The first-order chi connectivity index (χ1) is 16.4. The van der Waals surface area contributed by atoms with Gasteiger partial charge in [0.2, 0.25) is 5.91 Å². The number of hydrogen-bond acceptors (Lipinski definition) is 5. The number of carboxylic acids is 1. The van der Waals surface area contributed by atoms with Crippen LogP contribution in [0.25, 0.3) is 11.1 Å². The molecule has 0 bridgehead atoms. The summed E-state index contributed by atoms with van der Waals surface area (Å²) in [4.78, 5) is 36.8. The topological polar surface area (TPSA) is 114 Å². The number of alkyl carbamates (subject to hydrolysis) is 1. The first-order valence-corrected chi connectivity index (χ1v) is 11.6. The Labute approximate surface area is 198 Å². The molecule has 2 amide bonds. The summed E-state index contributed by atoms with van der Waals surface area (Å²) >= 11 is 0. The van der Waals surface area contributed by atoms with Gasteiger partial charge in [0, 0.05) is 19.1 Å². The zero-order chi connectivity index (χ0) is 24.2. The van der Waals surface area contributed by atoms with E-state index in [-0.39, 0.29) is 18.6 Å². The number of ether oxygens (including phenoxy) is 2. The number of methoxy groups -OCH3 is 1. The minimum atomic E-state index is -0.968. The Morgan fingerprint density at radius 3 is 2.21 bits per heavy atom. The quantitative estimate of drug-likeness (QED) is 0.550. The van der Waals surface area contributed by atoms with E-state index >= 15 is 0 Å². The monoisotopic (exact) mass is 466 g/mol. The summed E-state index contributed by atoms with van der Waals surface area (Å²) in [5.41, 5.74) is 4.47. The van der Waals surface area contributed by atoms with Gasteiger partial charge in [0.25, 0.3) is 0 Å². The van der Waals surface area contributed by atoms with Crippen LogP contribution >= 0.6 is 0 Å². The summed E-state index contributed by atoms with van der Waals surface area (Å²) in [6, 6.07) is 14.9. The number of rotatable bonds is 8. The molecule has 8 heteroatoms. The lowest BCUT2D eigenvalue weighted by Gasteiger charge is -2.25. The highest BCUT2D eigenvalue weighted by atomic mass is 16.5. The van der Waals surface area contributed by atoms with Crippen LogP contribution < -0.4 is 10.6 Å². The number of carbonyl (C=O) groups is 3. The lowest BCUT2D eigenvalue weighted by atomic mass is 9.98. The molecule has 0 spiro atoms. The van der Waals surface area contributed by atoms with Crippen molar-refractivity contribution in [3.8, 4) is 11.1 Å². The second-order valence-corrected chi connectivity index (χ2v) is 8.94. The van der Waals surface area contributed by atoms with Crippen LogP contribution in [0.2, 0.25) is 0 Å². The minimum Gasteiger partial charge on any atom is -0.481 e. The number of carbonyl (C=O) groups excluding carboxylic acids is 2. The van der Waals surface area contributed by atoms with E-state index < -0.39 is 36.0 Å². The van der Waals surface area contributed by atoms with Crippen LogP contribution in [0.3, 0.4) is 0 Å². The fourth-order valence-corrected chi connectivity index (χ4v) is 4.93. The molecule has 2 aromatic rings. The Morgan fingerprint density at radius 1 is 1.03 bits per heavy atom. The van der Waals surface area contributed by atoms with Crippen LogP contribution in [0.5, 0.6) is 0 Å². The maximum Gasteiger partial charge on any atom is 0.407 e. The number of hydrogen-bond donors (Lipinski definition) is 3. The van der Waals surface area contributed by atoms with Crippen LogP contribution in [0, 0.1) is 5.92 Å². The van der Waals surface area contributed by atoms with E-state index in [1.54, 1.807) is 6.92 Å². The van der Waals surface area contributed by atoms with Crippen molar-refractivity contribution >= 4 is 18.0 Å². The van der Waals surface area contributed by atoms with E-state index in [0.29, 0.717) is 19.3 Å². The molecule has 2 unspecified atom stereocenters. The Morgan fingerprint density at radius 2 is 1.65 bits per heavy atom. The van der Waals surface area contributed by atoms with Gasteiger partial charge < -0.3 is 25.2 Å². The molecule has 2 aliphatic rings. The summed E-state index contributed by atoms with van der Waals surface area (Å²) in [7, 11) is 1.46. The van der Waals surface area contributed by atoms with Crippen LogP contribution in [0.15, 0.2) is 48.5 Å². The van der Waals surface area contributed by atoms with Crippen molar-refractivity contribution in [2.45, 2.75) is 50.3 Å².